The van der Waals surface area contributed by atoms with Crippen molar-refractivity contribution in [2.75, 3.05) is 33.7 Å². The van der Waals surface area contributed by atoms with E-state index in [2.05, 4.69) is 43.5 Å². The van der Waals surface area contributed by atoms with Gasteiger partial charge in [0, 0.05) is 18.6 Å². The summed E-state index contributed by atoms with van der Waals surface area (Å²) in [6, 6.07) is 0. The molecule has 1 heterocycles. The Bertz CT molecular complexity index is 353. The van der Waals surface area contributed by atoms with E-state index in [0.29, 0.717) is 5.92 Å². The first-order valence-electron chi connectivity index (χ1n) is 8.59. The quantitative estimate of drug-likeness (QED) is 0.815. The summed E-state index contributed by atoms with van der Waals surface area (Å²) >= 11 is 0. The van der Waals surface area contributed by atoms with Crippen molar-refractivity contribution in [3.8, 4) is 0 Å². The molecule has 4 heteroatoms. The van der Waals surface area contributed by atoms with Crippen LogP contribution in [0.1, 0.15) is 52.4 Å². The SMILES string of the molecule is CC(C)C1(C(=O)NCC2(N(C)C)CCCCC2)CCNC1. The highest BCUT2D eigenvalue weighted by Gasteiger charge is 2.45. The predicted molar refractivity (Wildman–Crippen MR) is 87.3 cm³/mol. The Morgan fingerprint density at radius 2 is 1.86 bits per heavy atom. The first-order valence-corrected chi connectivity index (χ1v) is 8.59. The van der Waals surface area contributed by atoms with E-state index in [-0.39, 0.29) is 16.9 Å². The molecule has 2 fully saturated rings. The Morgan fingerprint density at radius 1 is 1.19 bits per heavy atom. The highest BCUT2D eigenvalue weighted by Crippen LogP contribution is 2.35. The van der Waals surface area contributed by atoms with Gasteiger partial charge >= 0.3 is 0 Å². The van der Waals surface area contributed by atoms with E-state index in [9.17, 15) is 4.79 Å². The zero-order valence-electron chi connectivity index (χ0n) is 14.3. The van der Waals surface area contributed by atoms with Gasteiger partial charge in [0.25, 0.3) is 0 Å². The molecule has 1 amide bonds. The monoisotopic (exact) mass is 295 g/mol. The van der Waals surface area contributed by atoms with Crippen molar-refractivity contribution in [2.45, 2.75) is 57.9 Å². The van der Waals surface area contributed by atoms with Gasteiger partial charge in [0.2, 0.25) is 5.91 Å². The standard InChI is InChI=1S/C17H33N3O/c1-14(2)17(10-11-18-13-17)15(21)19-12-16(20(3)4)8-6-5-7-9-16/h14,18H,5-13H2,1-4H3,(H,19,21). The Kier molecular flexibility index (Phi) is 5.31. The number of carbonyl (C=O) groups excluding carboxylic acids is 1. The summed E-state index contributed by atoms with van der Waals surface area (Å²) in [4.78, 5) is 15.2. The van der Waals surface area contributed by atoms with Gasteiger partial charge in [0.05, 0.1) is 5.41 Å². The number of likely N-dealkylation sites (N-methyl/N-ethyl adjacent to an activating group) is 1. The molecule has 122 valence electrons. The second kappa shape index (κ2) is 6.66. The Labute approximate surface area is 130 Å². The van der Waals surface area contributed by atoms with Gasteiger partial charge in [-0.25, -0.2) is 0 Å². The Hall–Kier alpha value is -0.610. The fourth-order valence-electron chi connectivity index (χ4n) is 4.07. The normalized spacial score (nSPS) is 29.0. The van der Waals surface area contributed by atoms with Gasteiger partial charge in [-0.05, 0) is 45.8 Å². The Morgan fingerprint density at radius 3 is 2.33 bits per heavy atom. The first kappa shape index (κ1) is 16.8. The molecule has 2 aliphatic rings. The van der Waals surface area contributed by atoms with E-state index in [1.165, 1.54) is 32.1 Å². The molecular formula is C17H33N3O. The molecule has 0 radical (unpaired) electrons. The molecule has 0 spiro atoms. The van der Waals surface area contributed by atoms with E-state index < -0.39 is 0 Å². The number of rotatable bonds is 5. The molecule has 2 N–H and O–H groups in total. The molecule has 1 saturated carbocycles. The first-order chi connectivity index (χ1) is 9.93. The summed E-state index contributed by atoms with van der Waals surface area (Å²) in [5, 5.41) is 6.69. The maximum Gasteiger partial charge on any atom is 0.227 e. The maximum atomic E-state index is 12.8. The molecule has 2 rings (SSSR count). The van der Waals surface area contributed by atoms with Crippen LogP contribution in [0.25, 0.3) is 0 Å². The molecule has 0 aromatic carbocycles. The van der Waals surface area contributed by atoms with Crippen LogP contribution in [-0.2, 0) is 4.79 Å². The van der Waals surface area contributed by atoms with Crippen LogP contribution in [0.2, 0.25) is 0 Å². The molecular weight excluding hydrogens is 262 g/mol. The minimum absolute atomic E-state index is 0.165. The van der Waals surface area contributed by atoms with Crippen LogP contribution in [0, 0.1) is 11.3 Å². The molecule has 1 unspecified atom stereocenters. The second-order valence-corrected chi connectivity index (χ2v) is 7.60. The minimum Gasteiger partial charge on any atom is -0.354 e. The average Bonchev–Trinajstić information content (AvgIpc) is 2.96. The van der Waals surface area contributed by atoms with Crippen LogP contribution in [-0.4, -0.2) is 50.1 Å². The molecule has 0 bridgehead atoms. The molecule has 0 aromatic heterocycles. The molecule has 1 aliphatic heterocycles. The van der Waals surface area contributed by atoms with Crippen molar-refractivity contribution in [3.63, 3.8) is 0 Å². The highest BCUT2D eigenvalue weighted by molar-refractivity contribution is 5.83. The smallest absolute Gasteiger partial charge is 0.227 e. The van der Waals surface area contributed by atoms with Gasteiger partial charge in [-0.2, -0.15) is 0 Å². The number of amides is 1. The van der Waals surface area contributed by atoms with Gasteiger partial charge in [-0.1, -0.05) is 33.1 Å². The number of carbonyl (C=O) groups is 1. The van der Waals surface area contributed by atoms with Gasteiger partial charge in [-0.15, -0.1) is 0 Å². The van der Waals surface area contributed by atoms with Crippen molar-refractivity contribution in [2.24, 2.45) is 11.3 Å². The summed E-state index contributed by atoms with van der Waals surface area (Å²) in [5.74, 6) is 0.642. The van der Waals surface area contributed by atoms with E-state index in [4.69, 9.17) is 0 Å². The number of hydrogen-bond donors (Lipinski definition) is 2. The zero-order valence-corrected chi connectivity index (χ0v) is 14.3. The lowest BCUT2D eigenvalue weighted by Crippen LogP contribution is -2.56. The molecule has 0 aromatic rings. The largest absolute Gasteiger partial charge is 0.354 e. The van der Waals surface area contributed by atoms with Gasteiger partial charge in [-0.3, -0.25) is 4.79 Å². The average molecular weight is 295 g/mol. The molecule has 4 nitrogen and oxygen atoms in total. The van der Waals surface area contributed by atoms with Crippen LogP contribution in [0.4, 0.5) is 0 Å². The Balaban J connectivity index is 2.01. The fourth-order valence-corrected chi connectivity index (χ4v) is 4.07. The van der Waals surface area contributed by atoms with Crippen LogP contribution in [0.5, 0.6) is 0 Å². The molecule has 1 atom stereocenters. The van der Waals surface area contributed by atoms with Crippen molar-refractivity contribution >= 4 is 5.91 Å². The summed E-state index contributed by atoms with van der Waals surface area (Å²) < 4.78 is 0. The lowest BCUT2D eigenvalue weighted by Gasteiger charge is -2.44. The van der Waals surface area contributed by atoms with E-state index in [1.54, 1.807) is 0 Å². The van der Waals surface area contributed by atoms with E-state index in [1.807, 2.05) is 0 Å². The van der Waals surface area contributed by atoms with Gasteiger partial charge in [0.1, 0.15) is 0 Å². The van der Waals surface area contributed by atoms with Crippen LogP contribution in [0.15, 0.2) is 0 Å². The fraction of sp³-hybridized carbons (Fsp3) is 0.941. The lowest BCUT2D eigenvalue weighted by molar-refractivity contribution is -0.133. The minimum atomic E-state index is -0.206. The topological polar surface area (TPSA) is 44.4 Å². The van der Waals surface area contributed by atoms with Crippen LogP contribution < -0.4 is 10.6 Å². The zero-order chi connectivity index (χ0) is 15.5. The van der Waals surface area contributed by atoms with E-state index in [0.717, 1.165) is 26.1 Å². The van der Waals surface area contributed by atoms with Crippen molar-refractivity contribution in [1.82, 2.24) is 15.5 Å². The third-order valence-corrected chi connectivity index (χ3v) is 6.06. The third-order valence-electron chi connectivity index (χ3n) is 6.06. The van der Waals surface area contributed by atoms with Gasteiger partial charge < -0.3 is 15.5 Å². The summed E-state index contributed by atoms with van der Waals surface area (Å²) in [7, 11) is 4.32. The van der Waals surface area contributed by atoms with Crippen LogP contribution >= 0.6 is 0 Å². The number of hydrogen-bond acceptors (Lipinski definition) is 3. The molecule has 1 aliphatic carbocycles. The summed E-state index contributed by atoms with van der Waals surface area (Å²) in [6.07, 6.45) is 7.27. The van der Waals surface area contributed by atoms with Crippen molar-refractivity contribution < 1.29 is 4.79 Å². The summed E-state index contributed by atoms with van der Waals surface area (Å²) in [5.41, 5.74) is -0.0414. The van der Waals surface area contributed by atoms with Crippen molar-refractivity contribution in [3.05, 3.63) is 0 Å². The lowest BCUT2D eigenvalue weighted by atomic mass is 9.75. The van der Waals surface area contributed by atoms with E-state index >= 15 is 0 Å². The third kappa shape index (κ3) is 3.26. The second-order valence-electron chi connectivity index (χ2n) is 7.60. The predicted octanol–water partition coefficient (Wildman–Crippen LogP) is 2.00. The van der Waals surface area contributed by atoms with Crippen LogP contribution in [0.3, 0.4) is 0 Å². The molecule has 1 saturated heterocycles. The number of nitrogens with one attached hydrogen (secondary N) is 2. The maximum absolute atomic E-state index is 12.8. The van der Waals surface area contributed by atoms with Crippen molar-refractivity contribution in [1.29, 1.82) is 0 Å². The number of nitrogens with zero attached hydrogens (tertiary/aromatic N) is 1. The summed E-state index contributed by atoms with van der Waals surface area (Å²) in [6.45, 7) is 6.94. The highest BCUT2D eigenvalue weighted by atomic mass is 16.2. The van der Waals surface area contributed by atoms with Gasteiger partial charge in [0.15, 0.2) is 0 Å². The molecule has 21 heavy (non-hydrogen) atoms.